The number of nitrogen functional groups attached to an aromatic ring is 1. The SMILES string of the molecule is Bc1ccc(N)cc1C(=O)N1CCN(C(=O)CNC(=O)c2ccc(-c3ccccc3)cc2)CC1. The number of carbonyl (C=O) groups is 3. The fraction of sp³-hybridized carbons (Fsp3) is 0.192. The first-order valence-electron chi connectivity index (χ1n) is 11.3. The maximum Gasteiger partial charge on any atom is 0.253 e. The Bertz CT molecular complexity index is 1190. The fourth-order valence-electron chi connectivity index (χ4n) is 4.01. The lowest BCUT2D eigenvalue weighted by Crippen LogP contribution is -2.53. The van der Waals surface area contributed by atoms with Crippen molar-refractivity contribution in [3.05, 3.63) is 83.9 Å². The molecule has 3 N–H and O–H groups in total. The Hall–Kier alpha value is -4.07. The number of nitrogens with two attached hydrogens (primary N) is 1. The quantitative estimate of drug-likeness (QED) is 0.443. The summed E-state index contributed by atoms with van der Waals surface area (Å²) in [5, 5.41) is 2.70. The molecule has 1 heterocycles. The van der Waals surface area contributed by atoms with Crippen LogP contribution in [-0.2, 0) is 4.79 Å². The van der Waals surface area contributed by atoms with Gasteiger partial charge in [-0.1, -0.05) is 54.0 Å². The van der Waals surface area contributed by atoms with Crippen LogP contribution in [0.3, 0.4) is 0 Å². The van der Waals surface area contributed by atoms with Gasteiger partial charge in [0.25, 0.3) is 11.8 Å². The number of nitrogens with one attached hydrogen (secondary N) is 1. The highest BCUT2D eigenvalue weighted by atomic mass is 16.2. The molecule has 1 saturated heterocycles. The van der Waals surface area contributed by atoms with Gasteiger partial charge in [-0.2, -0.15) is 0 Å². The molecule has 34 heavy (non-hydrogen) atoms. The van der Waals surface area contributed by atoms with Gasteiger partial charge in [0.15, 0.2) is 0 Å². The first kappa shape index (κ1) is 23.1. The molecule has 7 nitrogen and oxygen atoms in total. The Morgan fingerprint density at radius 2 is 1.44 bits per heavy atom. The van der Waals surface area contributed by atoms with Crippen molar-refractivity contribution >= 4 is 36.7 Å². The van der Waals surface area contributed by atoms with Gasteiger partial charge in [0.2, 0.25) is 5.91 Å². The van der Waals surface area contributed by atoms with Gasteiger partial charge in [-0.25, -0.2) is 0 Å². The Balaban J connectivity index is 1.27. The van der Waals surface area contributed by atoms with Crippen molar-refractivity contribution in [3.63, 3.8) is 0 Å². The topological polar surface area (TPSA) is 95.7 Å². The summed E-state index contributed by atoms with van der Waals surface area (Å²) >= 11 is 0. The Labute approximate surface area is 200 Å². The van der Waals surface area contributed by atoms with E-state index < -0.39 is 0 Å². The smallest absolute Gasteiger partial charge is 0.253 e. The van der Waals surface area contributed by atoms with E-state index in [4.69, 9.17) is 5.73 Å². The van der Waals surface area contributed by atoms with Crippen molar-refractivity contribution in [1.82, 2.24) is 15.1 Å². The first-order valence-corrected chi connectivity index (χ1v) is 11.3. The lowest BCUT2D eigenvalue weighted by Gasteiger charge is -2.35. The van der Waals surface area contributed by atoms with Crippen LogP contribution in [0.25, 0.3) is 11.1 Å². The maximum atomic E-state index is 12.8. The average molecular weight is 454 g/mol. The number of carbonyl (C=O) groups excluding carboxylic acids is 3. The van der Waals surface area contributed by atoms with Crippen LogP contribution in [-0.4, -0.2) is 68.1 Å². The van der Waals surface area contributed by atoms with Gasteiger partial charge in [-0.3, -0.25) is 14.4 Å². The highest BCUT2D eigenvalue weighted by Gasteiger charge is 2.25. The normalized spacial score (nSPS) is 13.4. The van der Waals surface area contributed by atoms with Gasteiger partial charge in [0.1, 0.15) is 7.85 Å². The van der Waals surface area contributed by atoms with Crippen molar-refractivity contribution < 1.29 is 14.4 Å². The summed E-state index contributed by atoms with van der Waals surface area (Å²) in [6.07, 6.45) is 0. The van der Waals surface area contributed by atoms with Crippen LogP contribution in [0.15, 0.2) is 72.8 Å². The van der Waals surface area contributed by atoms with E-state index in [0.29, 0.717) is 43.0 Å². The molecule has 3 amide bonds. The Kier molecular flexibility index (Phi) is 6.97. The van der Waals surface area contributed by atoms with Crippen LogP contribution in [0.2, 0.25) is 0 Å². The molecule has 1 aliphatic rings. The van der Waals surface area contributed by atoms with Crippen LogP contribution in [0, 0.1) is 0 Å². The van der Waals surface area contributed by atoms with Gasteiger partial charge in [0.05, 0.1) is 6.54 Å². The molecule has 0 unspecified atom stereocenters. The second kappa shape index (κ2) is 10.3. The van der Waals surface area contributed by atoms with E-state index in [-0.39, 0.29) is 24.3 Å². The zero-order valence-corrected chi connectivity index (χ0v) is 19.2. The second-order valence-corrected chi connectivity index (χ2v) is 8.37. The maximum absolute atomic E-state index is 12.8. The summed E-state index contributed by atoms with van der Waals surface area (Å²) in [4.78, 5) is 41.4. The number of anilines is 1. The monoisotopic (exact) mass is 454 g/mol. The molecule has 8 heteroatoms. The molecule has 0 atom stereocenters. The van der Waals surface area contributed by atoms with Gasteiger partial charge >= 0.3 is 0 Å². The lowest BCUT2D eigenvalue weighted by molar-refractivity contribution is -0.131. The van der Waals surface area contributed by atoms with E-state index in [2.05, 4.69) is 5.32 Å². The average Bonchev–Trinajstić information content (AvgIpc) is 2.88. The minimum absolute atomic E-state index is 0.0795. The Morgan fingerprint density at radius 3 is 2.12 bits per heavy atom. The molecule has 0 aromatic heterocycles. The third kappa shape index (κ3) is 5.28. The van der Waals surface area contributed by atoms with Crippen molar-refractivity contribution in [3.8, 4) is 11.1 Å². The van der Waals surface area contributed by atoms with Crippen LogP contribution in [0.1, 0.15) is 20.7 Å². The van der Waals surface area contributed by atoms with Gasteiger partial charge < -0.3 is 20.9 Å². The van der Waals surface area contributed by atoms with Crippen LogP contribution in [0.5, 0.6) is 0 Å². The van der Waals surface area contributed by atoms with Crippen LogP contribution < -0.4 is 16.5 Å². The van der Waals surface area contributed by atoms with E-state index in [0.717, 1.165) is 16.6 Å². The number of hydrogen-bond acceptors (Lipinski definition) is 4. The second-order valence-electron chi connectivity index (χ2n) is 8.37. The third-order valence-corrected chi connectivity index (χ3v) is 6.07. The van der Waals surface area contributed by atoms with E-state index in [1.807, 2.05) is 56.4 Å². The standard InChI is InChI=1S/C26H27BN4O3/c27-23-11-10-21(28)16-22(23)26(34)31-14-12-30(13-15-31)24(32)17-29-25(33)20-8-6-19(7-9-20)18-4-2-1-3-5-18/h1-11,16H,12-15,17,27-28H2,(H,29,33). The number of amides is 3. The predicted molar refractivity (Wildman–Crippen MR) is 136 cm³/mol. The summed E-state index contributed by atoms with van der Waals surface area (Å²) < 4.78 is 0. The zero-order chi connectivity index (χ0) is 24.1. The minimum atomic E-state index is -0.293. The van der Waals surface area contributed by atoms with E-state index in [1.54, 1.807) is 34.1 Å². The van der Waals surface area contributed by atoms with Gasteiger partial charge in [0, 0.05) is 43.0 Å². The minimum Gasteiger partial charge on any atom is -0.399 e. The number of nitrogens with zero attached hydrogens (tertiary/aromatic N) is 2. The summed E-state index contributed by atoms with van der Waals surface area (Å²) in [6, 6.07) is 22.5. The molecule has 4 rings (SSSR count). The number of hydrogen-bond donors (Lipinski definition) is 2. The fourth-order valence-corrected chi connectivity index (χ4v) is 4.01. The molecule has 172 valence electrons. The molecule has 0 radical (unpaired) electrons. The van der Waals surface area contributed by atoms with Gasteiger partial charge in [-0.05, 0) is 35.4 Å². The predicted octanol–water partition coefficient (Wildman–Crippen LogP) is 0.909. The molecular formula is C26H27BN4O3. The Morgan fingerprint density at radius 1 is 0.824 bits per heavy atom. The van der Waals surface area contributed by atoms with Crippen molar-refractivity contribution in [1.29, 1.82) is 0 Å². The van der Waals surface area contributed by atoms with Crippen molar-refractivity contribution in [2.45, 2.75) is 0 Å². The van der Waals surface area contributed by atoms with E-state index in [1.165, 1.54) is 0 Å². The summed E-state index contributed by atoms with van der Waals surface area (Å²) in [5.41, 5.74) is 10.4. The summed E-state index contributed by atoms with van der Waals surface area (Å²) in [6.45, 7) is 1.64. The number of rotatable bonds is 5. The molecule has 0 bridgehead atoms. The molecule has 0 aliphatic carbocycles. The van der Waals surface area contributed by atoms with E-state index >= 15 is 0 Å². The third-order valence-electron chi connectivity index (χ3n) is 6.07. The largest absolute Gasteiger partial charge is 0.399 e. The van der Waals surface area contributed by atoms with Crippen LogP contribution in [0.4, 0.5) is 5.69 Å². The zero-order valence-electron chi connectivity index (χ0n) is 19.2. The molecular weight excluding hydrogens is 427 g/mol. The highest BCUT2D eigenvalue weighted by Crippen LogP contribution is 2.19. The number of piperazine rings is 1. The lowest BCUT2D eigenvalue weighted by atomic mass is 9.89. The van der Waals surface area contributed by atoms with Crippen LogP contribution >= 0.6 is 0 Å². The molecule has 1 aliphatic heterocycles. The summed E-state index contributed by atoms with van der Waals surface area (Å²) in [7, 11) is 1.88. The van der Waals surface area contributed by atoms with E-state index in [9.17, 15) is 14.4 Å². The van der Waals surface area contributed by atoms with Crippen molar-refractivity contribution in [2.24, 2.45) is 0 Å². The molecule has 1 fully saturated rings. The highest BCUT2D eigenvalue weighted by molar-refractivity contribution is 6.36. The summed E-state index contributed by atoms with van der Waals surface area (Å²) in [5.74, 6) is -0.537. The van der Waals surface area contributed by atoms with Gasteiger partial charge in [-0.15, -0.1) is 0 Å². The molecule has 3 aromatic carbocycles. The molecule has 0 spiro atoms. The molecule has 0 saturated carbocycles. The molecule has 3 aromatic rings. The van der Waals surface area contributed by atoms with Crippen molar-refractivity contribution in [2.75, 3.05) is 38.5 Å². The first-order chi connectivity index (χ1) is 16.4. The number of benzene rings is 3.